The van der Waals surface area contributed by atoms with E-state index in [1.807, 2.05) is 36.0 Å². The minimum atomic E-state index is -0.0584. The quantitative estimate of drug-likeness (QED) is 0.816. The molecule has 0 aliphatic heterocycles. The van der Waals surface area contributed by atoms with Gasteiger partial charge in [0.25, 0.3) is 5.91 Å². The van der Waals surface area contributed by atoms with Gasteiger partial charge in [-0.25, -0.2) is 0 Å². The lowest BCUT2D eigenvalue weighted by Crippen LogP contribution is -2.17. The van der Waals surface area contributed by atoms with Crippen molar-refractivity contribution in [2.24, 2.45) is 7.05 Å². The van der Waals surface area contributed by atoms with E-state index in [9.17, 15) is 4.79 Å². The average molecular weight is 214 g/mol. The Kier molecular flexibility index (Phi) is 2.52. The van der Waals surface area contributed by atoms with Crippen LogP contribution in [0.25, 0.3) is 17.0 Å². The Balaban J connectivity index is 2.71. The second kappa shape index (κ2) is 3.85. The second-order valence-electron chi connectivity index (χ2n) is 3.71. The Bertz CT molecular complexity index is 567. The monoisotopic (exact) mass is 214 g/mol. The van der Waals surface area contributed by atoms with Gasteiger partial charge in [0.05, 0.1) is 5.56 Å². The zero-order chi connectivity index (χ0) is 11.7. The maximum absolute atomic E-state index is 11.7. The number of hydrogen-bond acceptors (Lipinski definition) is 1. The van der Waals surface area contributed by atoms with Gasteiger partial charge in [0, 0.05) is 31.2 Å². The molecule has 1 heterocycles. The summed E-state index contributed by atoms with van der Waals surface area (Å²) < 4.78 is 1.95. The van der Waals surface area contributed by atoms with E-state index in [1.165, 1.54) is 0 Å². The Morgan fingerprint density at radius 1 is 1.50 bits per heavy atom. The number of nitrogens with zero attached hydrogens (tertiary/aromatic N) is 1. The van der Waals surface area contributed by atoms with Gasteiger partial charge in [-0.2, -0.15) is 0 Å². The smallest absolute Gasteiger partial charge is 0.253 e. The summed E-state index contributed by atoms with van der Waals surface area (Å²) in [5, 5.41) is 3.61. The first-order valence-electron chi connectivity index (χ1n) is 5.11. The van der Waals surface area contributed by atoms with E-state index in [2.05, 4.69) is 11.9 Å². The highest BCUT2D eigenvalue weighted by molar-refractivity contribution is 6.07. The second-order valence-corrected chi connectivity index (χ2v) is 3.71. The number of benzene rings is 1. The zero-order valence-electron chi connectivity index (χ0n) is 9.45. The maximum atomic E-state index is 11.7. The minimum Gasteiger partial charge on any atom is -0.355 e. The molecular weight excluding hydrogens is 200 g/mol. The maximum Gasteiger partial charge on any atom is 0.253 e. The number of fused-ring (bicyclic) bond motifs is 1. The van der Waals surface area contributed by atoms with Crippen molar-refractivity contribution in [1.29, 1.82) is 0 Å². The summed E-state index contributed by atoms with van der Waals surface area (Å²) >= 11 is 0. The molecule has 1 amide bonds. The third-order valence-corrected chi connectivity index (χ3v) is 2.72. The Morgan fingerprint density at radius 2 is 2.25 bits per heavy atom. The van der Waals surface area contributed by atoms with Gasteiger partial charge in [0.1, 0.15) is 0 Å². The molecule has 0 spiro atoms. The molecule has 2 aromatic rings. The molecule has 3 nitrogen and oxygen atoms in total. The number of carbonyl (C=O) groups excluding carboxylic acids is 1. The predicted molar refractivity (Wildman–Crippen MR) is 66.4 cm³/mol. The average Bonchev–Trinajstić information content (AvgIpc) is 2.65. The lowest BCUT2D eigenvalue weighted by Gasteiger charge is -1.98. The molecule has 82 valence electrons. The van der Waals surface area contributed by atoms with Crippen LogP contribution in [-0.4, -0.2) is 17.5 Å². The highest BCUT2D eigenvalue weighted by Crippen LogP contribution is 2.22. The minimum absolute atomic E-state index is 0.0584. The van der Waals surface area contributed by atoms with Crippen molar-refractivity contribution < 1.29 is 4.79 Å². The van der Waals surface area contributed by atoms with E-state index in [0.29, 0.717) is 5.56 Å². The number of carbonyl (C=O) groups is 1. The molecule has 16 heavy (non-hydrogen) atoms. The first-order chi connectivity index (χ1) is 7.67. The fourth-order valence-corrected chi connectivity index (χ4v) is 1.84. The molecule has 0 saturated heterocycles. The van der Waals surface area contributed by atoms with Gasteiger partial charge < -0.3 is 9.88 Å². The number of aryl methyl sites for hydroxylation is 1. The van der Waals surface area contributed by atoms with Gasteiger partial charge in [0.15, 0.2) is 0 Å². The van der Waals surface area contributed by atoms with Crippen molar-refractivity contribution in [1.82, 2.24) is 9.88 Å². The van der Waals surface area contributed by atoms with Crippen LogP contribution in [0.1, 0.15) is 15.9 Å². The molecule has 3 heteroatoms. The lowest BCUT2D eigenvalue weighted by atomic mass is 10.1. The zero-order valence-corrected chi connectivity index (χ0v) is 9.45. The van der Waals surface area contributed by atoms with Crippen LogP contribution in [0, 0.1) is 0 Å². The van der Waals surface area contributed by atoms with Gasteiger partial charge in [0.2, 0.25) is 0 Å². The number of amides is 1. The largest absolute Gasteiger partial charge is 0.355 e. The van der Waals surface area contributed by atoms with E-state index in [1.54, 1.807) is 13.1 Å². The van der Waals surface area contributed by atoms with Crippen molar-refractivity contribution in [2.45, 2.75) is 0 Å². The summed E-state index contributed by atoms with van der Waals surface area (Å²) in [7, 11) is 3.57. The van der Waals surface area contributed by atoms with Crippen LogP contribution in [-0.2, 0) is 7.05 Å². The standard InChI is InChI=1S/C13H14N2O/c1-4-9-5-6-10-11(13(16)14-2)8-15(3)12(10)7-9/h4-8H,1H2,2-3H3,(H,14,16). The van der Waals surface area contributed by atoms with Crippen molar-refractivity contribution in [3.63, 3.8) is 0 Å². The van der Waals surface area contributed by atoms with Crippen molar-refractivity contribution in [2.75, 3.05) is 7.05 Å². The summed E-state index contributed by atoms with van der Waals surface area (Å²) in [4.78, 5) is 11.7. The van der Waals surface area contributed by atoms with Gasteiger partial charge in [-0.15, -0.1) is 0 Å². The van der Waals surface area contributed by atoms with Gasteiger partial charge >= 0.3 is 0 Å². The van der Waals surface area contributed by atoms with Crippen molar-refractivity contribution in [3.8, 4) is 0 Å². The van der Waals surface area contributed by atoms with Crippen LogP contribution in [0.2, 0.25) is 0 Å². The van der Waals surface area contributed by atoms with E-state index in [0.717, 1.165) is 16.5 Å². The molecule has 1 aromatic heterocycles. The molecule has 0 bridgehead atoms. The molecule has 0 unspecified atom stereocenters. The van der Waals surface area contributed by atoms with Gasteiger partial charge in [-0.05, 0) is 11.6 Å². The van der Waals surface area contributed by atoms with Crippen LogP contribution in [0.15, 0.2) is 31.0 Å². The van der Waals surface area contributed by atoms with E-state index in [-0.39, 0.29) is 5.91 Å². The molecular formula is C13H14N2O. The van der Waals surface area contributed by atoms with Crippen molar-refractivity contribution in [3.05, 3.63) is 42.1 Å². The highest BCUT2D eigenvalue weighted by Gasteiger charge is 2.12. The third-order valence-electron chi connectivity index (χ3n) is 2.72. The van der Waals surface area contributed by atoms with Crippen LogP contribution >= 0.6 is 0 Å². The van der Waals surface area contributed by atoms with Crippen LogP contribution in [0.3, 0.4) is 0 Å². The molecule has 0 fully saturated rings. The summed E-state index contributed by atoms with van der Waals surface area (Å²) in [6.45, 7) is 3.74. The van der Waals surface area contributed by atoms with Gasteiger partial charge in [-0.1, -0.05) is 24.8 Å². The molecule has 0 saturated carbocycles. The van der Waals surface area contributed by atoms with Crippen LogP contribution in [0.5, 0.6) is 0 Å². The molecule has 0 atom stereocenters. The number of aromatic nitrogens is 1. The molecule has 1 N–H and O–H groups in total. The highest BCUT2D eigenvalue weighted by atomic mass is 16.1. The molecule has 2 rings (SSSR count). The normalized spacial score (nSPS) is 10.4. The summed E-state index contributed by atoms with van der Waals surface area (Å²) in [6.07, 6.45) is 3.64. The van der Waals surface area contributed by atoms with E-state index >= 15 is 0 Å². The number of nitrogens with one attached hydrogen (secondary N) is 1. The van der Waals surface area contributed by atoms with Crippen LogP contribution in [0.4, 0.5) is 0 Å². The Morgan fingerprint density at radius 3 is 2.88 bits per heavy atom. The summed E-state index contributed by atoms with van der Waals surface area (Å²) in [6, 6.07) is 5.94. The lowest BCUT2D eigenvalue weighted by molar-refractivity contribution is 0.0964. The van der Waals surface area contributed by atoms with Crippen molar-refractivity contribution >= 4 is 22.9 Å². The number of rotatable bonds is 2. The van der Waals surface area contributed by atoms with Gasteiger partial charge in [-0.3, -0.25) is 4.79 Å². The molecule has 0 aliphatic carbocycles. The Labute approximate surface area is 94.4 Å². The summed E-state index contributed by atoms with van der Waals surface area (Å²) in [5.41, 5.74) is 2.80. The summed E-state index contributed by atoms with van der Waals surface area (Å²) in [5.74, 6) is -0.0584. The fourth-order valence-electron chi connectivity index (χ4n) is 1.84. The van der Waals surface area contributed by atoms with Crippen LogP contribution < -0.4 is 5.32 Å². The van der Waals surface area contributed by atoms with E-state index < -0.39 is 0 Å². The fraction of sp³-hybridized carbons (Fsp3) is 0.154. The predicted octanol–water partition coefficient (Wildman–Crippen LogP) is 2.18. The number of hydrogen-bond donors (Lipinski definition) is 1. The third kappa shape index (κ3) is 1.50. The molecule has 1 aromatic carbocycles. The first kappa shape index (κ1) is 10.5. The molecule has 0 aliphatic rings. The topological polar surface area (TPSA) is 34.0 Å². The molecule has 0 radical (unpaired) electrons. The first-order valence-corrected chi connectivity index (χ1v) is 5.11. The van der Waals surface area contributed by atoms with E-state index in [4.69, 9.17) is 0 Å². The SMILES string of the molecule is C=Cc1ccc2c(C(=O)NC)cn(C)c2c1. The Hall–Kier alpha value is -2.03.